The Bertz CT molecular complexity index is 1620. The number of hydrazine groups is 1. The van der Waals surface area contributed by atoms with Gasteiger partial charge in [0.25, 0.3) is 11.8 Å². The number of amides is 2. The SMILES string of the molecule is Cc1ccc(N2C(=O)C(NNc3ccc(C=C4SC(=S)NC4=O)cc3O)c3c(F)cc(C(F)(F)F)cc32)cc1C. The van der Waals surface area contributed by atoms with Crippen LogP contribution in [0.1, 0.15) is 33.9 Å². The van der Waals surface area contributed by atoms with Crippen LogP contribution in [-0.2, 0) is 15.8 Å². The fourth-order valence-corrected chi connectivity index (χ4v) is 5.38. The summed E-state index contributed by atoms with van der Waals surface area (Å²) >= 11 is 6.03. The molecule has 2 aliphatic heterocycles. The molecule has 0 aromatic heterocycles. The Morgan fingerprint density at radius 2 is 1.82 bits per heavy atom. The summed E-state index contributed by atoms with van der Waals surface area (Å²) in [5, 5.41) is 13.0. The van der Waals surface area contributed by atoms with E-state index in [1.54, 1.807) is 31.2 Å². The monoisotopic (exact) mass is 588 g/mol. The maximum atomic E-state index is 15.2. The molecule has 1 fully saturated rings. The number of carbonyl (C=O) groups excluding carboxylic acids is 2. The maximum absolute atomic E-state index is 15.2. The number of phenols is 1. The third kappa shape index (κ3) is 5.15. The summed E-state index contributed by atoms with van der Waals surface area (Å²) < 4.78 is 56.1. The number of anilines is 3. The first-order valence-corrected chi connectivity index (χ1v) is 13.0. The minimum Gasteiger partial charge on any atom is -0.506 e. The molecule has 0 spiro atoms. The Morgan fingerprint density at radius 3 is 2.45 bits per heavy atom. The summed E-state index contributed by atoms with van der Waals surface area (Å²) in [6.07, 6.45) is -3.30. The first-order valence-electron chi connectivity index (χ1n) is 11.7. The number of hydrogen-bond donors (Lipinski definition) is 4. The van der Waals surface area contributed by atoms with Gasteiger partial charge in [-0.15, -0.1) is 0 Å². The minimum atomic E-state index is -4.83. The average Bonchev–Trinajstić information content (AvgIpc) is 3.34. The van der Waals surface area contributed by atoms with E-state index in [4.69, 9.17) is 12.2 Å². The van der Waals surface area contributed by atoms with Crippen LogP contribution < -0.4 is 21.1 Å². The second kappa shape index (κ2) is 10.2. The third-order valence-electron chi connectivity index (χ3n) is 6.49. The van der Waals surface area contributed by atoms with Crippen molar-refractivity contribution in [2.75, 3.05) is 10.3 Å². The minimum absolute atomic E-state index is 0.104. The van der Waals surface area contributed by atoms with E-state index in [0.717, 1.165) is 33.9 Å². The smallest absolute Gasteiger partial charge is 0.416 e. The number of thioether (sulfide) groups is 1. The summed E-state index contributed by atoms with van der Waals surface area (Å²) in [7, 11) is 0. The quantitative estimate of drug-likeness (QED) is 0.0957. The van der Waals surface area contributed by atoms with Crippen molar-refractivity contribution in [1.82, 2.24) is 10.7 Å². The number of hydrogen-bond acceptors (Lipinski definition) is 7. The van der Waals surface area contributed by atoms with Crippen molar-refractivity contribution >= 4 is 63.3 Å². The van der Waals surface area contributed by atoms with E-state index in [1.165, 1.54) is 18.2 Å². The number of nitrogens with one attached hydrogen (secondary N) is 3. The number of nitrogens with zero attached hydrogens (tertiary/aromatic N) is 1. The second-order valence-electron chi connectivity index (χ2n) is 9.16. The molecular weight excluding hydrogens is 568 g/mol. The molecule has 1 saturated heterocycles. The van der Waals surface area contributed by atoms with Gasteiger partial charge in [-0.2, -0.15) is 13.2 Å². The van der Waals surface area contributed by atoms with Gasteiger partial charge in [0.2, 0.25) is 0 Å². The molecule has 7 nitrogen and oxygen atoms in total. The predicted octanol–water partition coefficient (Wildman–Crippen LogP) is 5.99. The molecule has 40 heavy (non-hydrogen) atoms. The van der Waals surface area contributed by atoms with Crippen molar-refractivity contribution in [3.63, 3.8) is 0 Å². The number of phenolic OH excluding ortho intramolecular Hbond substituents is 1. The zero-order chi connectivity index (χ0) is 28.9. The number of thiocarbonyl (C=S) groups is 1. The summed E-state index contributed by atoms with van der Waals surface area (Å²) in [6, 6.07) is 9.00. The first kappa shape index (κ1) is 27.6. The lowest BCUT2D eigenvalue weighted by atomic mass is 10.0. The molecule has 0 radical (unpaired) electrons. The Hall–Kier alpha value is -3.94. The predicted molar refractivity (Wildman–Crippen MR) is 148 cm³/mol. The van der Waals surface area contributed by atoms with Crippen LogP contribution in [0.25, 0.3) is 6.08 Å². The number of rotatable bonds is 5. The Labute approximate surface area is 235 Å². The van der Waals surface area contributed by atoms with E-state index >= 15 is 4.39 Å². The van der Waals surface area contributed by atoms with Crippen molar-refractivity contribution in [2.24, 2.45) is 0 Å². The van der Waals surface area contributed by atoms with Crippen LogP contribution in [-0.4, -0.2) is 21.2 Å². The van der Waals surface area contributed by atoms with Gasteiger partial charge in [-0.3, -0.25) is 14.5 Å². The molecule has 2 amide bonds. The van der Waals surface area contributed by atoms with Gasteiger partial charge in [-0.1, -0.05) is 36.1 Å². The van der Waals surface area contributed by atoms with Gasteiger partial charge in [0.1, 0.15) is 21.9 Å². The van der Waals surface area contributed by atoms with Gasteiger partial charge in [0.15, 0.2) is 0 Å². The number of aryl methyl sites for hydroxylation is 2. The molecule has 0 bridgehead atoms. The second-order valence-corrected chi connectivity index (χ2v) is 10.9. The molecule has 206 valence electrons. The van der Waals surface area contributed by atoms with E-state index in [9.17, 15) is 27.9 Å². The number of fused-ring (bicyclic) bond motifs is 1. The summed E-state index contributed by atoms with van der Waals surface area (Å²) in [5.74, 6) is -2.55. The Kier molecular flexibility index (Phi) is 7.06. The van der Waals surface area contributed by atoms with Gasteiger partial charge in [-0.05, 0) is 73.0 Å². The summed E-state index contributed by atoms with van der Waals surface area (Å²) in [6.45, 7) is 3.64. The maximum Gasteiger partial charge on any atom is 0.416 e. The number of aromatic hydroxyl groups is 1. The van der Waals surface area contributed by atoms with E-state index < -0.39 is 29.5 Å². The first-order chi connectivity index (χ1) is 18.8. The standard InChI is InChI=1S/C27H20F4N4O3S2/c1-12-3-5-16(7-13(12)2)35-19-11-15(27(29,30)31)10-17(28)22(19)23(25(35)38)34-33-18-6-4-14(8-20(18)36)9-21-24(37)32-26(39)40-21/h3-11,23,33-34,36H,1-2H3,(H,32,37,39). The molecule has 3 aromatic carbocycles. The average molecular weight is 589 g/mol. The normalized spacial score (nSPS) is 17.9. The van der Waals surface area contributed by atoms with Crippen molar-refractivity contribution in [2.45, 2.75) is 26.1 Å². The number of carbonyl (C=O) groups is 2. The van der Waals surface area contributed by atoms with Crippen LogP contribution in [0.5, 0.6) is 5.75 Å². The fourth-order valence-electron chi connectivity index (χ4n) is 4.34. The highest BCUT2D eigenvalue weighted by Gasteiger charge is 2.43. The van der Waals surface area contributed by atoms with Gasteiger partial charge in [-0.25, -0.2) is 9.82 Å². The highest BCUT2D eigenvalue weighted by Crippen LogP contribution is 2.45. The zero-order valence-electron chi connectivity index (χ0n) is 20.8. The number of alkyl halides is 3. The van der Waals surface area contributed by atoms with Crippen LogP contribution in [0.4, 0.5) is 34.6 Å². The molecular formula is C27H20F4N4O3S2. The molecule has 5 rings (SSSR count). The summed E-state index contributed by atoms with van der Waals surface area (Å²) in [4.78, 5) is 26.8. The van der Waals surface area contributed by atoms with Crippen molar-refractivity contribution < 1.29 is 32.3 Å². The molecule has 0 saturated carbocycles. The highest BCUT2D eigenvalue weighted by molar-refractivity contribution is 8.26. The van der Waals surface area contributed by atoms with E-state index in [2.05, 4.69) is 16.2 Å². The largest absolute Gasteiger partial charge is 0.506 e. The van der Waals surface area contributed by atoms with E-state index in [-0.39, 0.29) is 34.3 Å². The van der Waals surface area contributed by atoms with Crippen molar-refractivity contribution in [3.05, 3.63) is 87.1 Å². The summed E-state index contributed by atoms with van der Waals surface area (Å²) in [5.41, 5.74) is 6.16. The lowest BCUT2D eigenvalue weighted by Crippen LogP contribution is -2.35. The van der Waals surface area contributed by atoms with Gasteiger partial charge < -0.3 is 15.8 Å². The molecule has 0 aliphatic carbocycles. The fraction of sp³-hybridized carbons (Fsp3) is 0.148. The number of halogens is 4. The molecule has 13 heteroatoms. The Balaban J connectivity index is 1.46. The molecule has 2 aliphatic rings. The van der Waals surface area contributed by atoms with Crippen LogP contribution in [0.15, 0.2) is 53.4 Å². The third-order valence-corrected chi connectivity index (χ3v) is 7.66. The van der Waals surface area contributed by atoms with Crippen molar-refractivity contribution in [3.8, 4) is 5.75 Å². The lowest BCUT2D eigenvalue weighted by molar-refractivity contribution is -0.137. The van der Waals surface area contributed by atoms with Crippen LogP contribution in [0, 0.1) is 19.7 Å². The highest BCUT2D eigenvalue weighted by atomic mass is 32.2. The van der Waals surface area contributed by atoms with Gasteiger partial charge in [0.05, 0.1) is 21.8 Å². The molecule has 3 aromatic rings. The molecule has 1 atom stereocenters. The number of benzene rings is 3. The zero-order valence-corrected chi connectivity index (χ0v) is 22.4. The van der Waals surface area contributed by atoms with Crippen LogP contribution in [0.3, 0.4) is 0 Å². The van der Waals surface area contributed by atoms with Crippen LogP contribution >= 0.6 is 24.0 Å². The van der Waals surface area contributed by atoms with Gasteiger partial charge >= 0.3 is 6.18 Å². The molecule has 4 N–H and O–H groups in total. The molecule has 1 unspecified atom stereocenters. The topological polar surface area (TPSA) is 93.7 Å². The van der Waals surface area contributed by atoms with E-state index in [0.29, 0.717) is 20.9 Å². The van der Waals surface area contributed by atoms with Gasteiger partial charge in [0, 0.05) is 11.3 Å². The van der Waals surface area contributed by atoms with Crippen LogP contribution in [0.2, 0.25) is 0 Å². The lowest BCUT2D eigenvalue weighted by Gasteiger charge is -2.20. The molecule has 2 heterocycles. The van der Waals surface area contributed by atoms with E-state index in [1.807, 2.05) is 6.92 Å². The Morgan fingerprint density at radius 1 is 1.07 bits per heavy atom. The van der Waals surface area contributed by atoms with Crippen molar-refractivity contribution in [1.29, 1.82) is 0 Å².